The fourth-order valence-electron chi connectivity index (χ4n) is 1.60. The second-order valence-electron chi connectivity index (χ2n) is 4.06. The van der Waals surface area contributed by atoms with Gasteiger partial charge in [-0.15, -0.1) is 11.8 Å². The van der Waals surface area contributed by atoms with E-state index in [1.807, 2.05) is 0 Å². The van der Waals surface area contributed by atoms with Crippen molar-refractivity contribution in [1.82, 2.24) is 5.32 Å². The number of hydrogen-bond donors (Lipinski definition) is 1. The molecule has 0 aliphatic heterocycles. The second-order valence-corrected chi connectivity index (χ2v) is 5.09. The molecule has 1 atom stereocenters. The van der Waals surface area contributed by atoms with Gasteiger partial charge in [0.15, 0.2) is 0 Å². The van der Waals surface area contributed by atoms with E-state index in [-0.39, 0.29) is 17.8 Å². The van der Waals surface area contributed by atoms with Crippen LogP contribution in [0, 0.1) is 0 Å². The Labute approximate surface area is 119 Å². The molecular weight excluding hydrogens is 291 g/mol. The summed E-state index contributed by atoms with van der Waals surface area (Å²) >= 11 is 1.31. The smallest absolute Gasteiger partial charge is 0.416 e. The Kier molecular flexibility index (Phi) is 6.35. The van der Waals surface area contributed by atoms with E-state index in [0.29, 0.717) is 11.3 Å². The summed E-state index contributed by atoms with van der Waals surface area (Å²) in [5.41, 5.74) is -0.132. The van der Waals surface area contributed by atoms with Gasteiger partial charge in [-0.1, -0.05) is 12.1 Å². The third-order valence-electron chi connectivity index (χ3n) is 2.70. The summed E-state index contributed by atoms with van der Waals surface area (Å²) < 4.78 is 42.5. The maximum absolute atomic E-state index is 12.7. The van der Waals surface area contributed by atoms with E-state index in [1.165, 1.54) is 24.9 Å². The van der Waals surface area contributed by atoms with Crippen LogP contribution in [0.4, 0.5) is 13.2 Å². The van der Waals surface area contributed by atoms with Crippen LogP contribution in [0.25, 0.3) is 0 Å². The Morgan fingerprint density at radius 3 is 2.70 bits per heavy atom. The quantitative estimate of drug-likeness (QED) is 0.820. The molecule has 1 aromatic rings. The maximum atomic E-state index is 12.7. The van der Waals surface area contributed by atoms with Crippen LogP contribution in [-0.2, 0) is 15.7 Å². The van der Waals surface area contributed by atoms with Gasteiger partial charge in [-0.3, -0.25) is 4.79 Å². The molecule has 1 N–H and O–H groups in total. The summed E-state index contributed by atoms with van der Waals surface area (Å²) in [6.07, 6.45) is -4.35. The molecule has 20 heavy (non-hydrogen) atoms. The molecule has 1 rings (SSSR count). The highest BCUT2D eigenvalue weighted by Crippen LogP contribution is 2.31. The first-order valence-electron chi connectivity index (χ1n) is 5.87. The number of halogens is 3. The summed E-state index contributed by atoms with van der Waals surface area (Å²) in [6.45, 7) is 0. The van der Waals surface area contributed by atoms with E-state index in [2.05, 4.69) is 10.1 Å². The molecule has 0 heterocycles. The van der Waals surface area contributed by atoms with E-state index < -0.39 is 11.7 Å². The fraction of sp³-hybridized carbons (Fsp3) is 0.462. The fourth-order valence-corrected chi connectivity index (χ4v) is 2.59. The lowest BCUT2D eigenvalue weighted by atomic mass is 10.1. The number of alkyl halides is 3. The topological polar surface area (TPSA) is 38.3 Å². The number of carbonyl (C=O) groups excluding carboxylic acids is 1. The van der Waals surface area contributed by atoms with Crippen molar-refractivity contribution < 1.29 is 22.7 Å². The van der Waals surface area contributed by atoms with E-state index in [4.69, 9.17) is 0 Å². The minimum absolute atomic E-state index is 0.174. The molecule has 0 fully saturated rings. The average molecular weight is 307 g/mol. The lowest BCUT2D eigenvalue weighted by molar-refractivity contribution is -0.138. The third kappa shape index (κ3) is 5.05. The van der Waals surface area contributed by atoms with Gasteiger partial charge >= 0.3 is 12.1 Å². The number of nitrogens with one attached hydrogen (secondary N) is 1. The zero-order valence-electron chi connectivity index (χ0n) is 11.2. The predicted molar refractivity (Wildman–Crippen MR) is 72.6 cm³/mol. The van der Waals surface area contributed by atoms with Crippen LogP contribution in [0.5, 0.6) is 0 Å². The van der Waals surface area contributed by atoms with Gasteiger partial charge in [0.2, 0.25) is 0 Å². The van der Waals surface area contributed by atoms with Crippen LogP contribution in [-0.4, -0.2) is 31.6 Å². The summed E-state index contributed by atoms with van der Waals surface area (Å²) in [5, 5.41) is 2.95. The number of hydrogen-bond acceptors (Lipinski definition) is 4. The lowest BCUT2D eigenvalue weighted by Crippen LogP contribution is -2.20. The number of methoxy groups -OCH3 is 1. The van der Waals surface area contributed by atoms with Crippen molar-refractivity contribution in [1.29, 1.82) is 0 Å². The highest BCUT2D eigenvalue weighted by molar-refractivity contribution is 7.99. The summed E-state index contributed by atoms with van der Waals surface area (Å²) in [6, 6.07) is 4.92. The van der Waals surface area contributed by atoms with Crippen LogP contribution in [0.3, 0.4) is 0 Å². The summed E-state index contributed by atoms with van der Waals surface area (Å²) in [4.78, 5) is 11.0. The SMILES string of the molecule is CNC(CSCC(=O)OC)c1cccc(C(F)(F)F)c1. The van der Waals surface area contributed by atoms with Gasteiger partial charge in [0, 0.05) is 11.8 Å². The van der Waals surface area contributed by atoms with Crippen LogP contribution in [0.2, 0.25) is 0 Å². The number of ether oxygens (including phenoxy) is 1. The molecule has 0 aliphatic carbocycles. The molecule has 3 nitrogen and oxygen atoms in total. The van der Waals surface area contributed by atoms with Crippen LogP contribution in [0.1, 0.15) is 17.2 Å². The van der Waals surface area contributed by atoms with Gasteiger partial charge in [0.05, 0.1) is 18.4 Å². The van der Waals surface area contributed by atoms with Crippen molar-refractivity contribution in [2.75, 3.05) is 25.7 Å². The van der Waals surface area contributed by atoms with Gasteiger partial charge < -0.3 is 10.1 Å². The molecule has 0 radical (unpaired) electrons. The first kappa shape index (κ1) is 16.8. The Hall–Kier alpha value is -1.21. The highest BCUT2D eigenvalue weighted by Gasteiger charge is 2.30. The van der Waals surface area contributed by atoms with Crippen molar-refractivity contribution in [3.8, 4) is 0 Å². The van der Waals surface area contributed by atoms with Gasteiger partial charge in [-0.25, -0.2) is 0 Å². The van der Waals surface area contributed by atoms with Gasteiger partial charge in [-0.2, -0.15) is 13.2 Å². The van der Waals surface area contributed by atoms with Gasteiger partial charge in [0.25, 0.3) is 0 Å². The Balaban J connectivity index is 2.72. The number of carbonyl (C=O) groups is 1. The molecule has 0 saturated heterocycles. The van der Waals surface area contributed by atoms with E-state index in [1.54, 1.807) is 13.1 Å². The van der Waals surface area contributed by atoms with E-state index in [0.717, 1.165) is 12.1 Å². The zero-order chi connectivity index (χ0) is 15.2. The van der Waals surface area contributed by atoms with Crippen LogP contribution < -0.4 is 5.32 Å². The molecule has 112 valence electrons. The Bertz CT molecular complexity index is 451. The molecule has 0 amide bonds. The van der Waals surface area contributed by atoms with Gasteiger partial charge in [-0.05, 0) is 24.7 Å². The van der Waals surface area contributed by atoms with Crippen molar-refractivity contribution in [2.45, 2.75) is 12.2 Å². The van der Waals surface area contributed by atoms with E-state index in [9.17, 15) is 18.0 Å². The van der Waals surface area contributed by atoms with Crippen LogP contribution in [0.15, 0.2) is 24.3 Å². The first-order chi connectivity index (χ1) is 9.38. The predicted octanol–water partition coefficient (Wildman–Crippen LogP) is 2.87. The monoisotopic (exact) mass is 307 g/mol. The maximum Gasteiger partial charge on any atom is 0.416 e. The van der Waals surface area contributed by atoms with Crippen molar-refractivity contribution in [3.63, 3.8) is 0 Å². The third-order valence-corrected chi connectivity index (χ3v) is 3.71. The Morgan fingerprint density at radius 2 is 2.15 bits per heavy atom. The molecule has 1 aromatic carbocycles. The van der Waals surface area contributed by atoms with E-state index >= 15 is 0 Å². The molecule has 0 aliphatic rings. The largest absolute Gasteiger partial charge is 0.468 e. The molecule has 0 saturated carbocycles. The normalized spacial score (nSPS) is 13.1. The number of benzene rings is 1. The standard InChI is InChI=1S/C13H16F3NO2S/c1-17-11(7-20-8-12(18)19-2)9-4-3-5-10(6-9)13(14,15)16/h3-6,11,17H,7-8H2,1-2H3. The highest BCUT2D eigenvalue weighted by atomic mass is 32.2. The molecular formula is C13H16F3NO2S. The average Bonchev–Trinajstić information content (AvgIpc) is 2.42. The number of esters is 1. The summed E-state index contributed by atoms with van der Waals surface area (Å²) in [5.74, 6) is 0.300. The van der Waals surface area contributed by atoms with Crippen LogP contribution >= 0.6 is 11.8 Å². The zero-order valence-corrected chi connectivity index (χ0v) is 12.0. The van der Waals surface area contributed by atoms with Crippen molar-refractivity contribution in [2.24, 2.45) is 0 Å². The van der Waals surface area contributed by atoms with Crippen molar-refractivity contribution in [3.05, 3.63) is 35.4 Å². The molecule has 0 bridgehead atoms. The van der Waals surface area contributed by atoms with Gasteiger partial charge in [0.1, 0.15) is 0 Å². The summed E-state index contributed by atoms with van der Waals surface area (Å²) in [7, 11) is 2.97. The first-order valence-corrected chi connectivity index (χ1v) is 7.03. The number of rotatable bonds is 6. The minimum atomic E-state index is -4.35. The number of thioether (sulfide) groups is 1. The Morgan fingerprint density at radius 1 is 1.45 bits per heavy atom. The minimum Gasteiger partial charge on any atom is -0.468 e. The molecule has 0 aromatic heterocycles. The molecule has 7 heteroatoms. The molecule has 0 spiro atoms. The van der Waals surface area contributed by atoms with Crippen molar-refractivity contribution >= 4 is 17.7 Å². The second kappa shape index (κ2) is 7.54. The lowest BCUT2D eigenvalue weighted by Gasteiger charge is -2.17. The molecule has 1 unspecified atom stereocenters.